The molecule has 1 aliphatic rings. The first-order chi connectivity index (χ1) is 14.7. The Morgan fingerprint density at radius 2 is 2.06 bits per heavy atom. The van der Waals surface area contributed by atoms with E-state index >= 15 is 0 Å². The molecule has 0 aliphatic carbocycles. The van der Waals surface area contributed by atoms with Crippen LogP contribution in [0.15, 0.2) is 30.7 Å². The van der Waals surface area contributed by atoms with E-state index in [1.165, 1.54) is 6.92 Å². The van der Waals surface area contributed by atoms with E-state index < -0.39 is 12.1 Å². The summed E-state index contributed by atoms with van der Waals surface area (Å²) in [5.74, 6) is -0.938. The third-order valence-electron chi connectivity index (χ3n) is 5.17. The molecule has 2 aromatic rings. The van der Waals surface area contributed by atoms with E-state index in [4.69, 9.17) is 9.84 Å². The van der Waals surface area contributed by atoms with E-state index in [-0.39, 0.29) is 30.5 Å². The SMILES string of the molecule is CC(=O)N1c2ccc(-c3cn(CCC(=O)O)cn3)cc2[C@H](NC(=O)OC(C)C)C[C@@H]1C. The number of carbonyl (C=O) groups excluding carboxylic acids is 2. The lowest BCUT2D eigenvalue weighted by Crippen LogP contribution is -2.45. The topological polar surface area (TPSA) is 114 Å². The van der Waals surface area contributed by atoms with Gasteiger partial charge in [0.1, 0.15) is 0 Å². The van der Waals surface area contributed by atoms with E-state index in [2.05, 4.69) is 10.3 Å². The van der Waals surface area contributed by atoms with E-state index in [0.717, 1.165) is 16.8 Å². The zero-order chi connectivity index (χ0) is 22.7. The molecule has 9 nitrogen and oxygen atoms in total. The number of ether oxygens (including phenoxy) is 1. The second-order valence-electron chi connectivity index (χ2n) is 8.04. The lowest BCUT2D eigenvalue weighted by molar-refractivity contribution is -0.137. The maximum Gasteiger partial charge on any atom is 0.407 e. The van der Waals surface area contributed by atoms with Crippen LogP contribution in [0.3, 0.4) is 0 Å². The molecular formula is C22H28N4O5. The average molecular weight is 428 g/mol. The summed E-state index contributed by atoms with van der Waals surface area (Å²) < 4.78 is 6.97. The van der Waals surface area contributed by atoms with Gasteiger partial charge < -0.3 is 24.6 Å². The summed E-state index contributed by atoms with van der Waals surface area (Å²) in [5.41, 5.74) is 3.06. The Morgan fingerprint density at radius 1 is 1.32 bits per heavy atom. The molecule has 0 spiro atoms. The van der Waals surface area contributed by atoms with Gasteiger partial charge in [-0.05, 0) is 44.9 Å². The van der Waals surface area contributed by atoms with Crippen molar-refractivity contribution in [3.63, 3.8) is 0 Å². The van der Waals surface area contributed by atoms with Crippen LogP contribution in [0.5, 0.6) is 0 Å². The fraction of sp³-hybridized carbons (Fsp3) is 0.455. The number of benzene rings is 1. The minimum atomic E-state index is -0.871. The smallest absolute Gasteiger partial charge is 0.407 e. The van der Waals surface area contributed by atoms with E-state index in [9.17, 15) is 14.4 Å². The minimum absolute atomic E-state index is 0.00933. The van der Waals surface area contributed by atoms with Crippen molar-refractivity contribution in [2.45, 2.75) is 65.3 Å². The number of aromatic nitrogens is 2. The van der Waals surface area contributed by atoms with Crippen LogP contribution < -0.4 is 10.2 Å². The molecular weight excluding hydrogens is 400 g/mol. The van der Waals surface area contributed by atoms with Gasteiger partial charge in [0.15, 0.2) is 0 Å². The molecule has 0 unspecified atom stereocenters. The summed E-state index contributed by atoms with van der Waals surface area (Å²) >= 11 is 0. The second kappa shape index (κ2) is 9.20. The maximum atomic E-state index is 12.3. The Labute approximate surface area is 181 Å². The molecule has 0 bridgehead atoms. The number of carboxylic acids is 1. The van der Waals surface area contributed by atoms with Crippen molar-refractivity contribution in [1.82, 2.24) is 14.9 Å². The van der Waals surface area contributed by atoms with Gasteiger partial charge in [-0.3, -0.25) is 9.59 Å². The number of aliphatic carboxylic acids is 1. The normalized spacial score (nSPS) is 17.9. The molecule has 0 saturated heterocycles. The van der Waals surface area contributed by atoms with Gasteiger partial charge in [-0.2, -0.15) is 0 Å². The number of rotatable bonds is 6. The number of carbonyl (C=O) groups is 3. The van der Waals surface area contributed by atoms with Gasteiger partial charge in [-0.1, -0.05) is 6.07 Å². The Kier molecular flexibility index (Phi) is 6.62. The van der Waals surface area contributed by atoms with Crippen LogP contribution in [0.2, 0.25) is 0 Å². The predicted octanol–water partition coefficient (Wildman–Crippen LogP) is 3.35. The number of nitrogens with one attached hydrogen (secondary N) is 1. The van der Waals surface area contributed by atoms with Crippen LogP contribution in [-0.2, 0) is 20.9 Å². The molecule has 2 N–H and O–H groups in total. The number of imidazole rings is 1. The van der Waals surface area contributed by atoms with Crippen molar-refractivity contribution < 1.29 is 24.2 Å². The van der Waals surface area contributed by atoms with Crippen LogP contribution >= 0.6 is 0 Å². The first-order valence-corrected chi connectivity index (χ1v) is 10.3. The molecule has 1 aromatic carbocycles. The largest absolute Gasteiger partial charge is 0.481 e. The molecule has 0 saturated carbocycles. The molecule has 166 valence electrons. The highest BCUT2D eigenvalue weighted by Gasteiger charge is 2.34. The molecule has 2 heterocycles. The maximum absolute atomic E-state index is 12.3. The number of hydrogen-bond donors (Lipinski definition) is 2. The minimum Gasteiger partial charge on any atom is -0.481 e. The monoisotopic (exact) mass is 428 g/mol. The van der Waals surface area contributed by atoms with Crippen LogP contribution in [0.25, 0.3) is 11.3 Å². The van der Waals surface area contributed by atoms with Gasteiger partial charge in [0.2, 0.25) is 5.91 Å². The van der Waals surface area contributed by atoms with Crippen molar-refractivity contribution in [2.75, 3.05) is 4.90 Å². The summed E-state index contributed by atoms with van der Waals surface area (Å²) in [5, 5.41) is 11.8. The van der Waals surface area contributed by atoms with Crippen LogP contribution in [-0.4, -0.2) is 44.8 Å². The van der Waals surface area contributed by atoms with E-state index in [0.29, 0.717) is 18.7 Å². The Balaban J connectivity index is 1.94. The Hall–Kier alpha value is -3.36. The Morgan fingerprint density at radius 3 is 2.71 bits per heavy atom. The van der Waals surface area contributed by atoms with Crippen LogP contribution in [0.4, 0.5) is 10.5 Å². The van der Waals surface area contributed by atoms with E-state index in [1.807, 2.05) is 25.1 Å². The molecule has 0 fully saturated rings. The van der Waals surface area contributed by atoms with E-state index in [1.54, 1.807) is 35.8 Å². The van der Waals surface area contributed by atoms with Gasteiger partial charge >= 0.3 is 12.1 Å². The summed E-state index contributed by atoms with van der Waals surface area (Å²) in [6, 6.07) is 5.25. The molecule has 2 amide bonds. The summed E-state index contributed by atoms with van der Waals surface area (Å²) in [6.07, 6.45) is 3.20. The average Bonchev–Trinajstić information content (AvgIpc) is 3.14. The molecule has 9 heteroatoms. The third kappa shape index (κ3) is 5.22. The fourth-order valence-corrected chi connectivity index (χ4v) is 3.89. The summed E-state index contributed by atoms with van der Waals surface area (Å²) in [6.45, 7) is 7.37. The Bertz CT molecular complexity index is 984. The quantitative estimate of drug-likeness (QED) is 0.729. The number of amides is 2. The van der Waals surface area contributed by atoms with Crippen molar-refractivity contribution in [3.8, 4) is 11.3 Å². The number of aryl methyl sites for hydroxylation is 1. The van der Waals surface area contributed by atoms with Gasteiger partial charge in [-0.15, -0.1) is 0 Å². The number of fused-ring (bicyclic) bond motifs is 1. The van der Waals surface area contributed by atoms with Crippen LogP contribution in [0.1, 0.15) is 52.1 Å². The number of hydrogen-bond acceptors (Lipinski definition) is 5. The molecule has 3 rings (SSSR count). The van der Waals surface area contributed by atoms with Crippen molar-refractivity contribution >= 4 is 23.7 Å². The third-order valence-corrected chi connectivity index (χ3v) is 5.17. The van der Waals surface area contributed by atoms with Gasteiger partial charge in [0.25, 0.3) is 0 Å². The van der Waals surface area contributed by atoms with Gasteiger partial charge in [0.05, 0.1) is 30.6 Å². The molecule has 31 heavy (non-hydrogen) atoms. The molecule has 1 aliphatic heterocycles. The number of alkyl carbamates (subject to hydrolysis) is 1. The lowest BCUT2D eigenvalue weighted by Gasteiger charge is -2.39. The fourth-order valence-electron chi connectivity index (χ4n) is 3.89. The highest BCUT2D eigenvalue weighted by Crippen LogP contribution is 2.39. The standard InChI is InChI=1S/C22H28N4O5/c1-13(2)31-22(30)24-18-9-14(3)26(15(4)27)20-6-5-16(10-17(18)20)19-11-25(12-23-19)8-7-21(28)29/h5-6,10-14,18H,7-9H2,1-4H3,(H,24,30)(H,28,29)/t14-,18+/m0/s1. The van der Waals surface area contributed by atoms with Crippen molar-refractivity contribution in [2.24, 2.45) is 0 Å². The summed E-state index contributed by atoms with van der Waals surface area (Å²) in [4.78, 5) is 41.5. The number of anilines is 1. The first-order valence-electron chi connectivity index (χ1n) is 10.3. The second-order valence-corrected chi connectivity index (χ2v) is 8.04. The zero-order valence-corrected chi connectivity index (χ0v) is 18.2. The number of nitrogens with zero attached hydrogens (tertiary/aromatic N) is 3. The zero-order valence-electron chi connectivity index (χ0n) is 18.2. The van der Waals surface area contributed by atoms with Gasteiger partial charge in [-0.25, -0.2) is 9.78 Å². The highest BCUT2D eigenvalue weighted by atomic mass is 16.6. The molecule has 0 radical (unpaired) electrons. The molecule has 2 atom stereocenters. The number of carboxylic acid groups (broad SMARTS) is 1. The van der Waals surface area contributed by atoms with Gasteiger partial charge in [0, 0.05) is 37.0 Å². The van der Waals surface area contributed by atoms with Crippen LogP contribution in [0, 0.1) is 0 Å². The van der Waals surface area contributed by atoms with Crippen molar-refractivity contribution in [3.05, 3.63) is 36.3 Å². The first kappa shape index (κ1) is 22.3. The summed E-state index contributed by atoms with van der Waals surface area (Å²) in [7, 11) is 0. The lowest BCUT2D eigenvalue weighted by atomic mass is 9.90. The highest BCUT2D eigenvalue weighted by molar-refractivity contribution is 5.94. The molecule has 1 aromatic heterocycles. The predicted molar refractivity (Wildman–Crippen MR) is 115 cm³/mol. The van der Waals surface area contributed by atoms with Crippen molar-refractivity contribution in [1.29, 1.82) is 0 Å².